The lowest BCUT2D eigenvalue weighted by molar-refractivity contribution is 0.0954. The summed E-state index contributed by atoms with van der Waals surface area (Å²) in [5, 5.41) is 15.3. The second-order valence-corrected chi connectivity index (χ2v) is 5.81. The highest BCUT2D eigenvalue weighted by Gasteiger charge is 2.15. The predicted molar refractivity (Wildman–Crippen MR) is 92.5 cm³/mol. The molecule has 0 fully saturated rings. The molecule has 1 heterocycles. The fourth-order valence-corrected chi connectivity index (χ4v) is 2.94. The van der Waals surface area contributed by atoms with Gasteiger partial charge in [-0.05, 0) is 59.5 Å². The van der Waals surface area contributed by atoms with Gasteiger partial charge in [0.05, 0.1) is 11.4 Å². The van der Waals surface area contributed by atoms with Crippen LogP contribution in [0.2, 0.25) is 0 Å². The Bertz CT molecular complexity index is 915. The molecule has 0 saturated heterocycles. The quantitative estimate of drug-likeness (QED) is 0.745. The van der Waals surface area contributed by atoms with Crippen molar-refractivity contribution in [3.8, 4) is 5.69 Å². The minimum Gasteiger partial charge on any atom is -0.267 e. The van der Waals surface area contributed by atoms with Gasteiger partial charge in [-0.1, -0.05) is 24.3 Å². The minimum atomic E-state index is -0.237. The van der Waals surface area contributed by atoms with Crippen LogP contribution in [-0.2, 0) is 6.42 Å². The molecular formula is C18H16N6O. The highest BCUT2D eigenvalue weighted by Crippen LogP contribution is 2.21. The van der Waals surface area contributed by atoms with Crippen LogP contribution in [0.25, 0.3) is 5.69 Å². The summed E-state index contributed by atoms with van der Waals surface area (Å²) >= 11 is 0. The molecule has 7 nitrogen and oxygen atoms in total. The first-order valence-corrected chi connectivity index (χ1v) is 8.10. The van der Waals surface area contributed by atoms with Gasteiger partial charge in [0.2, 0.25) is 0 Å². The van der Waals surface area contributed by atoms with Crippen molar-refractivity contribution < 1.29 is 4.79 Å². The van der Waals surface area contributed by atoms with Crippen molar-refractivity contribution in [2.24, 2.45) is 5.10 Å². The molecule has 0 bridgehead atoms. The summed E-state index contributed by atoms with van der Waals surface area (Å²) in [5.41, 5.74) is 7.33. The Morgan fingerprint density at radius 2 is 1.92 bits per heavy atom. The molecule has 1 amide bonds. The summed E-state index contributed by atoms with van der Waals surface area (Å²) in [7, 11) is 0. The molecule has 0 unspecified atom stereocenters. The lowest BCUT2D eigenvalue weighted by Gasteiger charge is -2.17. The van der Waals surface area contributed by atoms with Crippen LogP contribution in [0.4, 0.5) is 0 Å². The van der Waals surface area contributed by atoms with E-state index in [0.717, 1.165) is 36.2 Å². The first-order valence-electron chi connectivity index (χ1n) is 8.10. The number of hydrogen-bond acceptors (Lipinski definition) is 5. The van der Waals surface area contributed by atoms with E-state index in [0.29, 0.717) is 5.56 Å². The predicted octanol–water partition coefficient (Wildman–Crippen LogP) is 2.13. The fraction of sp³-hybridized carbons (Fsp3) is 0.167. The van der Waals surface area contributed by atoms with Gasteiger partial charge < -0.3 is 0 Å². The molecule has 0 atom stereocenters. The highest BCUT2D eigenvalue weighted by atomic mass is 16.2. The number of nitrogens with zero attached hydrogens (tertiary/aromatic N) is 5. The van der Waals surface area contributed by atoms with Crippen LogP contribution in [-0.4, -0.2) is 31.8 Å². The van der Waals surface area contributed by atoms with Crippen LogP contribution in [0.15, 0.2) is 60.0 Å². The molecule has 0 aliphatic heterocycles. The molecular weight excluding hydrogens is 316 g/mol. The van der Waals surface area contributed by atoms with Gasteiger partial charge in [0.1, 0.15) is 6.33 Å². The van der Waals surface area contributed by atoms with E-state index in [2.05, 4.69) is 38.2 Å². The number of benzene rings is 2. The Hall–Kier alpha value is -3.35. The maximum atomic E-state index is 12.3. The van der Waals surface area contributed by atoms with Crippen LogP contribution in [0.3, 0.4) is 0 Å². The second-order valence-electron chi connectivity index (χ2n) is 5.81. The number of hydrogen-bond donors (Lipinski definition) is 1. The summed E-state index contributed by atoms with van der Waals surface area (Å²) in [6.07, 6.45) is 4.48. The van der Waals surface area contributed by atoms with Crippen molar-refractivity contribution >= 4 is 11.6 Å². The number of rotatable bonds is 3. The third-order valence-corrected chi connectivity index (χ3v) is 4.22. The van der Waals surface area contributed by atoms with E-state index in [1.807, 2.05) is 12.1 Å². The summed E-state index contributed by atoms with van der Waals surface area (Å²) in [6.45, 7) is 0. The van der Waals surface area contributed by atoms with Crippen LogP contribution in [0, 0.1) is 0 Å². The van der Waals surface area contributed by atoms with Crippen molar-refractivity contribution in [2.45, 2.75) is 19.3 Å². The average molecular weight is 332 g/mol. The summed E-state index contributed by atoms with van der Waals surface area (Å²) in [4.78, 5) is 12.3. The van der Waals surface area contributed by atoms with Crippen LogP contribution >= 0.6 is 0 Å². The number of carbonyl (C=O) groups is 1. The van der Waals surface area contributed by atoms with Crippen molar-refractivity contribution in [1.82, 2.24) is 25.6 Å². The summed E-state index contributed by atoms with van der Waals surface area (Å²) < 4.78 is 1.53. The molecule has 3 aromatic rings. The van der Waals surface area contributed by atoms with Crippen molar-refractivity contribution in [2.75, 3.05) is 0 Å². The maximum Gasteiger partial charge on any atom is 0.271 e. The first-order chi connectivity index (χ1) is 12.3. The van der Waals surface area contributed by atoms with Crippen molar-refractivity contribution in [3.63, 3.8) is 0 Å². The SMILES string of the molecule is O=C(N/N=C1\CCCc2ccccc21)c1ccc(-n2cnnn2)cc1. The van der Waals surface area contributed by atoms with E-state index >= 15 is 0 Å². The van der Waals surface area contributed by atoms with E-state index in [1.54, 1.807) is 24.3 Å². The van der Waals surface area contributed by atoms with Gasteiger partial charge >= 0.3 is 0 Å². The number of aryl methyl sites for hydroxylation is 1. The van der Waals surface area contributed by atoms with E-state index in [-0.39, 0.29) is 5.91 Å². The van der Waals surface area contributed by atoms with E-state index in [9.17, 15) is 4.79 Å². The van der Waals surface area contributed by atoms with Crippen LogP contribution in [0.1, 0.15) is 34.3 Å². The monoisotopic (exact) mass is 332 g/mol. The van der Waals surface area contributed by atoms with Gasteiger partial charge in [-0.15, -0.1) is 5.10 Å². The molecule has 1 aliphatic rings. The topological polar surface area (TPSA) is 85.1 Å². The molecule has 7 heteroatoms. The lowest BCUT2D eigenvalue weighted by atomic mass is 9.90. The number of tetrazole rings is 1. The zero-order chi connectivity index (χ0) is 17.1. The normalized spacial score (nSPS) is 15.0. The van der Waals surface area contributed by atoms with E-state index in [1.165, 1.54) is 16.6 Å². The Labute approximate surface area is 144 Å². The van der Waals surface area contributed by atoms with Gasteiger partial charge in [0, 0.05) is 11.1 Å². The minimum absolute atomic E-state index is 0.237. The van der Waals surface area contributed by atoms with Crippen LogP contribution < -0.4 is 5.43 Å². The third-order valence-electron chi connectivity index (χ3n) is 4.22. The zero-order valence-electron chi connectivity index (χ0n) is 13.5. The molecule has 0 radical (unpaired) electrons. The van der Waals surface area contributed by atoms with Gasteiger partial charge in [0.15, 0.2) is 0 Å². The summed E-state index contributed by atoms with van der Waals surface area (Å²) in [5.74, 6) is -0.237. The standard InChI is InChI=1S/C18H16N6O/c25-18(14-8-10-15(11-9-14)24-12-19-22-23-24)21-20-17-7-3-5-13-4-1-2-6-16(13)17/h1-2,4,6,8-12H,3,5,7H2,(H,21,25)/b20-17+. The number of hydrazone groups is 1. The molecule has 1 aliphatic carbocycles. The molecule has 1 N–H and O–H groups in total. The lowest BCUT2D eigenvalue weighted by Crippen LogP contribution is -2.22. The number of nitrogens with one attached hydrogen (secondary N) is 1. The van der Waals surface area contributed by atoms with E-state index in [4.69, 9.17) is 0 Å². The first kappa shape index (κ1) is 15.2. The molecule has 1 aromatic heterocycles. The molecule has 0 saturated carbocycles. The maximum absolute atomic E-state index is 12.3. The van der Waals surface area contributed by atoms with Crippen LogP contribution in [0.5, 0.6) is 0 Å². The number of fused-ring (bicyclic) bond motifs is 1. The smallest absolute Gasteiger partial charge is 0.267 e. The molecule has 25 heavy (non-hydrogen) atoms. The van der Waals surface area contributed by atoms with Gasteiger partial charge in [-0.3, -0.25) is 4.79 Å². The number of amides is 1. The fourth-order valence-electron chi connectivity index (χ4n) is 2.94. The second kappa shape index (κ2) is 6.64. The highest BCUT2D eigenvalue weighted by molar-refractivity contribution is 6.04. The number of carbonyl (C=O) groups excluding carboxylic acids is 1. The third kappa shape index (κ3) is 3.16. The Morgan fingerprint density at radius 1 is 1.08 bits per heavy atom. The van der Waals surface area contributed by atoms with Gasteiger partial charge in [-0.2, -0.15) is 5.10 Å². The van der Waals surface area contributed by atoms with E-state index < -0.39 is 0 Å². The molecule has 4 rings (SSSR count). The average Bonchev–Trinajstić information content (AvgIpc) is 3.21. The van der Waals surface area contributed by atoms with Crippen molar-refractivity contribution in [1.29, 1.82) is 0 Å². The number of aromatic nitrogens is 4. The zero-order valence-corrected chi connectivity index (χ0v) is 13.5. The Morgan fingerprint density at radius 3 is 2.72 bits per heavy atom. The largest absolute Gasteiger partial charge is 0.271 e. The molecule has 124 valence electrons. The molecule has 2 aromatic carbocycles. The van der Waals surface area contributed by atoms with Crippen molar-refractivity contribution in [3.05, 3.63) is 71.5 Å². The Kier molecular flexibility index (Phi) is 4.04. The Balaban J connectivity index is 1.49. The van der Waals surface area contributed by atoms with Gasteiger partial charge in [0.25, 0.3) is 5.91 Å². The summed E-state index contributed by atoms with van der Waals surface area (Å²) in [6, 6.07) is 15.2. The molecule has 0 spiro atoms. The van der Waals surface area contributed by atoms with Gasteiger partial charge in [-0.25, -0.2) is 10.1 Å².